The van der Waals surface area contributed by atoms with E-state index in [-0.39, 0.29) is 17.5 Å². The van der Waals surface area contributed by atoms with Gasteiger partial charge >= 0.3 is 0 Å². The van der Waals surface area contributed by atoms with Crippen LogP contribution >= 0.6 is 0 Å². The van der Waals surface area contributed by atoms with Gasteiger partial charge in [0, 0.05) is 5.56 Å². The molecule has 1 aliphatic rings. The lowest BCUT2D eigenvalue weighted by atomic mass is 10.0. The number of rotatable bonds is 6. The van der Waals surface area contributed by atoms with Crippen LogP contribution in [0, 0.1) is 5.92 Å². The maximum Gasteiger partial charge on any atom is 0.152 e. The van der Waals surface area contributed by atoms with Crippen LogP contribution in [-0.2, 0) is 22.7 Å². The molecule has 0 aromatic carbocycles. The second-order valence-corrected chi connectivity index (χ2v) is 8.72. The van der Waals surface area contributed by atoms with Gasteiger partial charge in [0.1, 0.15) is 5.82 Å². The standard InChI is InChI=1S/C15H27N3O2S/c1-4-5-13-14(7-6-11(2)3)17-18(15(13)16)12-8-9-21(19,20)10-12/h11-12H,4-10,16H2,1-3H3. The maximum atomic E-state index is 11.7. The molecule has 2 rings (SSSR count). The highest BCUT2D eigenvalue weighted by Gasteiger charge is 2.32. The minimum atomic E-state index is -2.92. The lowest BCUT2D eigenvalue weighted by Crippen LogP contribution is -2.15. The van der Waals surface area contributed by atoms with Crippen LogP contribution in [0.1, 0.15) is 57.3 Å². The van der Waals surface area contributed by atoms with Crippen molar-refractivity contribution < 1.29 is 8.42 Å². The Bertz CT molecular complexity index is 590. The summed E-state index contributed by atoms with van der Waals surface area (Å²) in [5, 5.41) is 4.68. The molecule has 5 nitrogen and oxygen atoms in total. The third-order valence-corrected chi connectivity index (χ3v) is 5.90. The molecule has 6 heteroatoms. The lowest BCUT2D eigenvalue weighted by Gasteiger charge is -2.10. The van der Waals surface area contributed by atoms with E-state index >= 15 is 0 Å². The lowest BCUT2D eigenvalue weighted by molar-refractivity contribution is 0.496. The average molecular weight is 313 g/mol. The van der Waals surface area contributed by atoms with Gasteiger partial charge in [-0.05, 0) is 31.6 Å². The quantitative estimate of drug-likeness (QED) is 0.874. The second-order valence-electron chi connectivity index (χ2n) is 6.49. The number of anilines is 1. The summed E-state index contributed by atoms with van der Waals surface area (Å²) in [4.78, 5) is 0. The Hall–Kier alpha value is -1.04. The summed E-state index contributed by atoms with van der Waals surface area (Å²) in [7, 11) is -2.92. The largest absolute Gasteiger partial charge is 0.384 e. The molecule has 0 radical (unpaired) electrons. The zero-order valence-corrected chi connectivity index (χ0v) is 14.1. The van der Waals surface area contributed by atoms with Crippen molar-refractivity contribution in [2.75, 3.05) is 17.2 Å². The predicted molar refractivity (Wildman–Crippen MR) is 86.1 cm³/mol. The van der Waals surface area contributed by atoms with Crippen molar-refractivity contribution in [1.82, 2.24) is 9.78 Å². The van der Waals surface area contributed by atoms with Crippen molar-refractivity contribution in [2.45, 2.75) is 58.9 Å². The van der Waals surface area contributed by atoms with Gasteiger partial charge in [-0.2, -0.15) is 5.10 Å². The van der Waals surface area contributed by atoms with E-state index in [9.17, 15) is 8.42 Å². The second kappa shape index (κ2) is 6.38. The van der Waals surface area contributed by atoms with Crippen LogP contribution in [0.15, 0.2) is 0 Å². The summed E-state index contributed by atoms with van der Waals surface area (Å²) in [6.45, 7) is 6.52. The van der Waals surface area contributed by atoms with Gasteiger partial charge in [0.2, 0.25) is 0 Å². The number of aryl methyl sites for hydroxylation is 1. The van der Waals surface area contributed by atoms with Crippen LogP contribution in [0.3, 0.4) is 0 Å². The van der Waals surface area contributed by atoms with Gasteiger partial charge in [-0.3, -0.25) is 0 Å². The predicted octanol–water partition coefficient (Wildman–Crippen LogP) is 2.37. The van der Waals surface area contributed by atoms with Gasteiger partial charge in [0.15, 0.2) is 9.84 Å². The highest BCUT2D eigenvalue weighted by molar-refractivity contribution is 7.91. The van der Waals surface area contributed by atoms with Gasteiger partial charge in [0.25, 0.3) is 0 Å². The van der Waals surface area contributed by atoms with Crippen LogP contribution in [0.4, 0.5) is 5.82 Å². The molecular formula is C15H27N3O2S. The molecule has 0 bridgehead atoms. The molecule has 2 heterocycles. The Balaban J connectivity index is 2.28. The highest BCUT2D eigenvalue weighted by atomic mass is 32.2. The molecule has 0 saturated carbocycles. The topological polar surface area (TPSA) is 78.0 Å². The first kappa shape index (κ1) is 16.3. The van der Waals surface area contributed by atoms with E-state index in [0.29, 0.717) is 18.2 Å². The first-order valence-electron chi connectivity index (χ1n) is 7.90. The van der Waals surface area contributed by atoms with Crippen molar-refractivity contribution in [3.8, 4) is 0 Å². The first-order valence-corrected chi connectivity index (χ1v) is 9.72. The number of sulfone groups is 1. The molecule has 21 heavy (non-hydrogen) atoms. The molecule has 1 aromatic heterocycles. The molecule has 1 unspecified atom stereocenters. The molecule has 1 saturated heterocycles. The highest BCUT2D eigenvalue weighted by Crippen LogP contribution is 2.30. The van der Waals surface area contributed by atoms with Gasteiger partial charge in [-0.25, -0.2) is 13.1 Å². The molecular weight excluding hydrogens is 286 g/mol. The number of aromatic nitrogens is 2. The molecule has 1 atom stereocenters. The van der Waals surface area contributed by atoms with Crippen LogP contribution in [0.25, 0.3) is 0 Å². The summed E-state index contributed by atoms with van der Waals surface area (Å²) in [6.07, 6.45) is 4.56. The molecule has 1 aromatic rings. The number of hydrogen-bond acceptors (Lipinski definition) is 4. The zero-order valence-electron chi connectivity index (χ0n) is 13.3. The smallest absolute Gasteiger partial charge is 0.152 e. The molecule has 0 spiro atoms. The average Bonchev–Trinajstić information content (AvgIpc) is 2.89. The fraction of sp³-hybridized carbons (Fsp3) is 0.800. The summed E-state index contributed by atoms with van der Waals surface area (Å²) in [5.41, 5.74) is 8.46. The fourth-order valence-electron chi connectivity index (χ4n) is 2.93. The van der Waals surface area contributed by atoms with Crippen molar-refractivity contribution in [3.05, 3.63) is 11.3 Å². The number of nitrogens with zero attached hydrogens (tertiary/aromatic N) is 2. The SMILES string of the molecule is CCCc1c(CCC(C)C)nn(C2CCS(=O)(=O)C2)c1N. The van der Waals surface area contributed by atoms with Crippen molar-refractivity contribution >= 4 is 15.7 Å². The first-order chi connectivity index (χ1) is 9.84. The summed E-state index contributed by atoms with van der Waals surface area (Å²) in [5.74, 6) is 1.73. The normalized spacial score (nSPS) is 21.2. The van der Waals surface area contributed by atoms with Crippen LogP contribution < -0.4 is 5.73 Å². The Morgan fingerprint density at radius 3 is 2.62 bits per heavy atom. The maximum absolute atomic E-state index is 11.7. The minimum absolute atomic E-state index is 0.0848. The Kier molecular flexibility index (Phi) is 4.96. The van der Waals surface area contributed by atoms with Crippen LogP contribution in [0.5, 0.6) is 0 Å². The Labute approximate surface area is 127 Å². The van der Waals surface area contributed by atoms with E-state index in [1.165, 1.54) is 0 Å². The van der Waals surface area contributed by atoms with Crippen LogP contribution in [0.2, 0.25) is 0 Å². The minimum Gasteiger partial charge on any atom is -0.384 e. The van der Waals surface area contributed by atoms with E-state index in [1.54, 1.807) is 4.68 Å². The van der Waals surface area contributed by atoms with Crippen molar-refractivity contribution in [1.29, 1.82) is 0 Å². The molecule has 120 valence electrons. The molecule has 0 aliphatic carbocycles. The summed E-state index contributed by atoms with van der Waals surface area (Å²) < 4.78 is 25.1. The molecule has 1 aliphatic heterocycles. The van der Waals surface area contributed by atoms with E-state index < -0.39 is 9.84 Å². The van der Waals surface area contributed by atoms with E-state index in [1.807, 2.05) is 0 Å². The van der Waals surface area contributed by atoms with Gasteiger partial charge < -0.3 is 5.73 Å². The Morgan fingerprint density at radius 2 is 2.10 bits per heavy atom. The third-order valence-electron chi connectivity index (χ3n) is 4.15. The van der Waals surface area contributed by atoms with E-state index in [4.69, 9.17) is 5.73 Å². The molecule has 2 N–H and O–H groups in total. The van der Waals surface area contributed by atoms with E-state index in [0.717, 1.165) is 36.9 Å². The number of nitrogen functional groups attached to an aromatic ring is 1. The van der Waals surface area contributed by atoms with Crippen molar-refractivity contribution in [2.24, 2.45) is 5.92 Å². The summed E-state index contributed by atoms with van der Waals surface area (Å²) >= 11 is 0. The van der Waals surface area contributed by atoms with Crippen LogP contribution in [-0.4, -0.2) is 29.7 Å². The molecule has 1 fully saturated rings. The van der Waals surface area contributed by atoms with Crippen molar-refractivity contribution in [3.63, 3.8) is 0 Å². The summed E-state index contributed by atoms with van der Waals surface area (Å²) in [6, 6.07) is -0.0848. The fourth-order valence-corrected chi connectivity index (χ4v) is 4.62. The zero-order chi connectivity index (χ0) is 15.6. The Morgan fingerprint density at radius 1 is 1.38 bits per heavy atom. The van der Waals surface area contributed by atoms with Gasteiger partial charge in [-0.1, -0.05) is 27.2 Å². The van der Waals surface area contributed by atoms with E-state index in [2.05, 4.69) is 25.9 Å². The monoisotopic (exact) mass is 313 g/mol. The van der Waals surface area contributed by atoms with Gasteiger partial charge in [-0.15, -0.1) is 0 Å². The number of nitrogens with two attached hydrogens (primary N) is 1. The van der Waals surface area contributed by atoms with Gasteiger partial charge in [0.05, 0.1) is 23.2 Å². The third kappa shape index (κ3) is 3.78. The number of hydrogen-bond donors (Lipinski definition) is 1. The molecule has 0 amide bonds.